The maximum atomic E-state index is 12.5. The van der Waals surface area contributed by atoms with Gasteiger partial charge >= 0.3 is 0 Å². The molecule has 0 radical (unpaired) electrons. The summed E-state index contributed by atoms with van der Waals surface area (Å²) in [6.07, 6.45) is 3.17. The molecule has 1 aliphatic carbocycles. The van der Waals surface area contributed by atoms with E-state index in [9.17, 15) is 10.1 Å². The monoisotopic (exact) mass is 396 g/mol. The number of rotatable bonds is 9. The van der Waals surface area contributed by atoms with Crippen LogP contribution in [0.1, 0.15) is 68.0 Å². The molecule has 3 N–H and O–H groups in total. The molecule has 5 heteroatoms. The van der Waals surface area contributed by atoms with E-state index in [1.807, 2.05) is 13.0 Å². The lowest BCUT2D eigenvalue weighted by atomic mass is 9.95. The van der Waals surface area contributed by atoms with Crippen LogP contribution in [-0.2, 0) is 4.79 Å². The molecule has 3 rings (SSSR count). The number of nitrogens with zero attached hydrogens (tertiary/aromatic N) is 1. The Hall–Kier alpha value is -2.16. The number of nitriles is 1. The largest absolute Gasteiger partial charge is 0.333 e. The molecule has 1 aliphatic rings. The maximum absolute atomic E-state index is 12.5. The first-order valence-corrected chi connectivity index (χ1v) is 11.0. The van der Waals surface area contributed by atoms with Gasteiger partial charge in [0, 0.05) is 5.56 Å². The van der Waals surface area contributed by atoms with Gasteiger partial charge in [-0.15, -0.1) is 11.3 Å². The number of benzene rings is 1. The SMILES string of the molecule is CC[C@@H](C)c1ccc([C@@H]([NH2+]CC(=O)N[C@@](C)(C#N)C2CC2)c2cccs2)cc1. The van der Waals surface area contributed by atoms with Crippen LogP contribution in [0.4, 0.5) is 0 Å². The van der Waals surface area contributed by atoms with E-state index >= 15 is 0 Å². The summed E-state index contributed by atoms with van der Waals surface area (Å²) in [5, 5.41) is 16.6. The van der Waals surface area contributed by atoms with Crippen molar-refractivity contribution in [2.45, 2.75) is 57.5 Å². The lowest BCUT2D eigenvalue weighted by Gasteiger charge is -2.23. The van der Waals surface area contributed by atoms with Gasteiger partial charge < -0.3 is 10.6 Å². The van der Waals surface area contributed by atoms with E-state index < -0.39 is 5.54 Å². The topological polar surface area (TPSA) is 69.5 Å². The van der Waals surface area contributed by atoms with Gasteiger partial charge in [0.1, 0.15) is 11.6 Å². The first kappa shape index (κ1) is 20.6. The predicted octanol–water partition coefficient (Wildman–Crippen LogP) is 3.72. The summed E-state index contributed by atoms with van der Waals surface area (Å²) >= 11 is 1.71. The van der Waals surface area contributed by atoms with E-state index in [0.29, 0.717) is 18.4 Å². The smallest absolute Gasteiger partial charge is 0.276 e. The quantitative estimate of drug-likeness (QED) is 0.678. The molecule has 1 fully saturated rings. The van der Waals surface area contributed by atoms with E-state index in [0.717, 1.165) is 19.3 Å². The standard InChI is InChI=1S/C23H29N3OS/c1-4-16(2)17-7-9-18(10-8-17)22(20-6-5-13-28-20)25-14-21(27)26-23(3,15-24)19-11-12-19/h5-10,13,16,19,22,25H,4,11-12,14H2,1-3H3,(H,26,27)/p+1/t16-,22-,23+/m1/s1. The lowest BCUT2D eigenvalue weighted by molar-refractivity contribution is -0.676. The Labute approximate surface area is 172 Å². The Kier molecular flexibility index (Phi) is 6.53. The highest BCUT2D eigenvalue weighted by molar-refractivity contribution is 7.10. The Bertz CT molecular complexity index is 821. The minimum Gasteiger partial charge on any atom is -0.333 e. The molecule has 3 atom stereocenters. The van der Waals surface area contributed by atoms with Crippen LogP contribution in [0.15, 0.2) is 41.8 Å². The van der Waals surface area contributed by atoms with E-state index in [2.05, 4.69) is 66.3 Å². The highest BCUT2D eigenvalue weighted by Gasteiger charge is 2.43. The maximum Gasteiger partial charge on any atom is 0.276 e. The lowest BCUT2D eigenvalue weighted by Crippen LogP contribution is -2.88. The second-order valence-corrected chi connectivity index (χ2v) is 9.02. The molecule has 0 bridgehead atoms. The Morgan fingerprint density at radius 1 is 1.32 bits per heavy atom. The summed E-state index contributed by atoms with van der Waals surface area (Å²) < 4.78 is 0. The van der Waals surface area contributed by atoms with Crippen molar-refractivity contribution in [2.24, 2.45) is 5.92 Å². The normalized spacial score (nSPS) is 17.9. The molecule has 0 aliphatic heterocycles. The van der Waals surface area contributed by atoms with Gasteiger partial charge in [0.15, 0.2) is 6.54 Å². The molecule has 0 saturated heterocycles. The van der Waals surface area contributed by atoms with E-state index in [1.165, 1.54) is 16.0 Å². The molecule has 28 heavy (non-hydrogen) atoms. The second-order valence-electron chi connectivity index (χ2n) is 8.05. The van der Waals surface area contributed by atoms with Crippen molar-refractivity contribution in [2.75, 3.05) is 6.54 Å². The molecular formula is C23H30N3OS+. The highest BCUT2D eigenvalue weighted by Crippen LogP contribution is 2.39. The number of thiophene rings is 1. The van der Waals surface area contributed by atoms with Crippen LogP contribution in [0.5, 0.6) is 0 Å². The molecule has 1 heterocycles. The van der Waals surface area contributed by atoms with Gasteiger partial charge in [0.05, 0.1) is 10.9 Å². The van der Waals surface area contributed by atoms with Crippen molar-refractivity contribution >= 4 is 17.2 Å². The van der Waals surface area contributed by atoms with Crippen molar-refractivity contribution in [3.05, 3.63) is 57.8 Å². The van der Waals surface area contributed by atoms with E-state index in [-0.39, 0.29) is 11.9 Å². The summed E-state index contributed by atoms with van der Waals surface area (Å²) in [5.74, 6) is 0.770. The molecule has 2 aromatic rings. The Morgan fingerprint density at radius 3 is 2.54 bits per heavy atom. The Balaban J connectivity index is 1.69. The molecule has 1 aromatic heterocycles. The number of hydrogen-bond donors (Lipinski definition) is 2. The molecule has 148 valence electrons. The minimum atomic E-state index is -0.735. The number of carbonyl (C=O) groups excluding carboxylic acids is 1. The van der Waals surface area contributed by atoms with Gasteiger partial charge in [-0.2, -0.15) is 5.26 Å². The summed E-state index contributed by atoms with van der Waals surface area (Å²) in [6.45, 7) is 6.59. The third kappa shape index (κ3) is 4.81. The van der Waals surface area contributed by atoms with Gasteiger partial charge in [-0.3, -0.25) is 4.79 Å². The average molecular weight is 397 g/mol. The fourth-order valence-corrected chi connectivity index (χ4v) is 4.45. The van der Waals surface area contributed by atoms with E-state index in [1.54, 1.807) is 11.3 Å². The highest BCUT2D eigenvalue weighted by atomic mass is 32.1. The fourth-order valence-electron chi connectivity index (χ4n) is 3.60. The van der Waals surface area contributed by atoms with Crippen LogP contribution >= 0.6 is 11.3 Å². The number of nitrogens with one attached hydrogen (secondary N) is 1. The molecule has 1 amide bonds. The van der Waals surface area contributed by atoms with Gasteiger partial charge in [-0.1, -0.05) is 44.2 Å². The summed E-state index contributed by atoms with van der Waals surface area (Å²) in [4.78, 5) is 13.8. The average Bonchev–Trinajstić information content (AvgIpc) is 3.45. The zero-order chi connectivity index (χ0) is 20.1. The predicted molar refractivity (Wildman–Crippen MR) is 113 cm³/mol. The fraction of sp³-hybridized carbons (Fsp3) is 0.478. The van der Waals surface area contributed by atoms with Crippen molar-refractivity contribution < 1.29 is 10.1 Å². The van der Waals surface area contributed by atoms with Crippen LogP contribution in [-0.4, -0.2) is 18.0 Å². The zero-order valence-corrected chi connectivity index (χ0v) is 17.8. The zero-order valence-electron chi connectivity index (χ0n) is 16.9. The van der Waals surface area contributed by atoms with Crippen molar-refractivity contribution in [1.82, 2.24) is 5.32 Å². The van der Waals surface area contributed by atoms with Crippen molar-refractivity contribution in [3.63, 3.8) is 0 Å². The molecule has 0 spiro atoms. The third-order valence-corrected chi connectivity index (χ3v) is 6.85. The summed E-state index contributed by atoms with van der Waals surface area (Å²) in [7, 11) is 0. The molecule has 1 aromatic carbocycles. The van der Waals surface area contributed by atoms with Crippen molar-refractivity contribution in [3.8, 4) is 6.07 Å². The van der Waals surface area contributed by atoms with Gasteiger partial charge in [0.25, 0.3) is 5.91 Å². The number of hydrogen-bond acceptors (Lipinski definition) is 3. The minimum absolute atomic E-state index is 0.0752. The van der Waals surface area contributed by atoms with Crippen LogP contribution in [0.2, 0.25) is 0 Å². The third-order valence-electron chi connectivity index (χ3n) is 5.89. The number of carbonyl (C=O) groups is 1. The molecule has 4 nitrogen and oxygen atoms in total. The van der Waals surface area contributed by atoms with Crippen molar-refractivity contribution in [1.29, 1.82) is 5.26 Å². The first-order chi connectivity index (χ1) is 13.5. The Morgan fingerprint density at radius 2 is 2.00 bits per heavy atom. The van der Waals surface area contributed by atoms with Crippen LogP contribution in [0.25, 0.3) is 0 Å². The second kappa shape index (κ2) is 8.89. The first-order valence-electron chi connectivity index (χ1n) is 10.2. The molecule has 1 saturated carbocycles. The summed E-state index contributed by atoms with van der Waals surface area (Å²) in [5.41, 5.74) is 1.82. The van der Waals surface area contributed by atoms with Gasteiger partial charge in [-0.25, -0.2) is 0 Å². The van der Waals surface area contributed by atoms with Gasteiger partial charge in [-0.05, 0) is 55.0 Å². The summed E-state index contributed by atoms with van der Waals surface area (Å²) in [6, 6.07) is 15.3. The van der Waals surface area contributed by atoms with Crippen LogP contribution in [0.3, 0.4) is 0 Å². The van der Waals surface area contributed by atoms with E-state index in [4.69, 9.17) is 0 Å². The number of quaternary nitrogens is 1. The molecule has 0 unspecified atom stereocenters. The number of amides is 1. The number of nitrogens with two attached hydrogens (primary N) is 1. The van der Waals surface area contributed by atoms with Crippen LogP contribution in [0, 0.1) is 17.2 Å². The van der Waals surface area contributed by atoms with Gasteiger partial charge in [0.2, 0.25) is 0 Å². The molecular weight excluding hydrogens is 366 g/mol. The van der Waals surface area contributed by atoms with Crippen LogP contribution < -0.4 is 10.6 Å².